The van der Waals surface area contributed by atoms with Crippen molar-refractivity contribution in [3.8, 4) is 11.5 Å². The zero-order valence-electron chi connectivity index (χ0n) is 7.47. The molecule has 0 spiro atoms. The van der Waals surface area contributed by atoms with Gasteiger partial charge in [-0.1, -0.05) is 12.1 Å². The predicted molar refractivity (Wildman–Crippen MR) is 47.3 cm³/mol. The van der Waals surface area contributed by atoms with Crippen LogP contribution in [0.5, 0.6) is 11.5 Å². The molecule has 14 heavy (non-hydrogen) atoms. The predicted octanol–water partition coefficient (Wildman–Crippen LogP) is 0.519. The van der Waals surface area contributed by atoms with E-state index in [2.05, 4.69) is 0 Å². The van der Waals surface area contributed by atoms with Crippen molar-refractivity contribution in [2.24, 2.45) is 0 Å². The second-order valence-electron chi connectivity index (χ2n) is 2.64. The lowest BCUT2D eigenvalue weighted by molar-refractivity contribution is -0.147. The van der Waals surface area contributed by atoms with E-state index in [1.165, 1.54) is 25.3 Å². The number of methoxy groups -OCH3 is 1. The molecule has 0 aliphatic heterocycles. The number of aromatic hydroxyl groups is 1. The van der Waals surface area contributed by atoms with Crippen LogP contribution in [0.3, 0.4) is 0 Å². The lowest BCUT2D eigenvalue weighted by Crippen LogP contribution is -2.10. The maximum atomic E-state index is 10.4. The SMILES string of the molecule is COc1cccc([C@H](O)C(=O)O)c1O. The smallest absolute Gasteiger partial charge is 0.337 e. The van der Waals surface area contributed by atoms with Gasteiger partial charge in [-0.15, -0.1) is 0 Å². The van der Waals surface area contributed by atoms with Gasteiger partial charge in [0.1, 0.15) is 0 Å². The highest BCUT2D eigenvalue weighted by molar-refractivity contribution is 5.75. The lowest BCUT2D eigenvalue weighted by atomic mass is 10.1. The normalized spacial score (nSPS) is 12.1. The summed E-state index contributed by atoms with van der Waals surface area (Å²) >= 11 is 0. The van der Waals surface area contributed by atoms with Crippen LogP contribution in [0, 0.1) is 0 Å². The van der Waals surface area contributed by atoms with Crippen LogP contribution in [-0.2, 0) is 4.79 Å². The minimum absolute atomic E-state index is 0.0862. The third-order valence-corrected chi connectivity index (χ3v) is 1.78. The van der Waals surface area contributed by atoms with E-state index in [0.29, 0.717) is 0 Å². The molecule has 0 amide bonds. The summed E-state index contributed by atoms with van der Waals surface area (Å²) in [7, 11) is 1.34. The van der Waals surface area contributed by atoms with Gasteiger partial charge in [0.15, 0.2) is 17.6 Å². The number of carboxylic acid groups (broad SMARTS) is 1. The molecule has 1 rings (SSSR count). The zero-order chi connectivity index (χ0) is 10.7. The maximum Gasteiger partial charge on any atom is 0.337 e. The highest BCUT2D eigenvalue weighted by Gasteiger charge is 2.21. The first-order chi connectivity index (χ1) is 6.57. The molecule has 0 aliphatic rings. The Hall–Kier alpha value is -1.75. The molecule has 1 atom stereocenters. The zero-order valence-corrected chi connectivity index (χ0v) is 7.47. The van der Waals surface area contributed by atoms with Crippen molar-refractivity contribution in [1.82, 2.24) is 0 Å². The van der Waals surface area contributed by atoms with Crippen LogP contribution in [0.25, 0.3) is 0 Å². The van der Waals surface area contributed by atoms with Crippen molar-refractivity contribution in [2.45, 2.75) is 6.10 Å². The van der Waals surface area contributed by atoms with Crippen molar-refractivity contribution in [3.63, 3.8) is 0 Å². The summed E-state index contributed by atoms with van der Waals surface area (Å²) in [6, 6.07) is 4.27. The average Bonchev–Trinajstić information content (AvgIpc) is 2.17. The van der Waals surface area contributed by atoms with Crippen LogP contribution in [0.1, 0.15) is 11.7 Å². The van der Waals surface area contributed by atoms with E-state index in [1.807, 2.05) is 0 Å². The van der Waals surface area contributed by atoms with E-state index in [0.717, 1.165) is 0 Å². The van der Waals surface area contributed by atoms with Gasteiger partial charge in [-0.3, -0.25) is 0 Å². The molecule has 0 aliphatic carbocycles. The largest absolute Gasteiger partial charge is 0.504 e. The molecule has 5 nitrogen and oxygen atoms in total. The first-order valence-electron chi connectivity index (χ1n) is 3.84. The summed E-state index contributed by atoms with van der Waals surface area (Å²) in [5.74, 6) is -1.65. The van der Waals surface area contributed by atoms with E-state index in [1.54, 1.807) is 0 Å². The number of hydrogen-bond acceptors (Lipinski definition) is 4. The van der Waals surface area contributed by atoms with Gasteiger partial charge in [0.25, 0.3) is 0 Å². The van der Waals surface area contributed by atoms with Gasteiger partial charge >= 0.3 is 5.97 Å². The molecule has 76 valence electrons. The Bertz CT molecular complexity index is 347. The fourth-order valence-electron chi connectivity index (χ4n) is 1.06. The second-order valence-corrected chi connectivity index (χ2v) is 2.64. The van der Waals surface area contributed by atoms with E-state index in [4.69, 9.17) is 9.84 Å². The number of benzene rings is 1. The number of rotatable bonds is 3. The summed E-state index contributed by atoms with van der Waals surface area (Å²) < 4.78 is 4.76. The lowest BCUT2D eigenvalue weighted by Gasteiger charge is -2.10. The minimum atomic E-state index is -1.75. The average molecular weight is 198 g/mol. The van der Waals surface area contributed by atoms with Crippen molar-refractivity contribution < 1.29 is 24.9 Å². The van der Waals surface area contributed by atoms with Crippen LogP contribution in [-0.4, -0.2) is 28.4 Å². The number of aliphatic carboxylic acids is 1. The first-order valence-corrected chi connectivity index (χ1v) is 3.84. The Morgan fingerprint density at radius 1 is 1.50 bits per heavy atom. The van der Waals surface area contributed by atoms with Gasteiger partial charge in [-0.2, -0.15) is 0 Å². The number of hydrogen-bond donors (Lipinski definition) is 3. The molecule has 3 N–H and O–H groups in total. The third-order valence-electron chi connectivity index (χ3n) is 1.78. The van der Waals surface area contributed by atoms with Crippen LogP contribution < -0.4 is 4.74 Å². The van der Waals surface area contributed by atoms with Crippen LogP contribution in [0.2, 0.25) is 0 Å². The monoisotopic (exact) mass is 198 g/mol. The summed E-state index contributed by atoms with van der Waals surface area (Å²) in [5.41, 5.74) is -0.0862. The van der Waals surface area contributed by atoms with Crippen LogP contribution >= 0.6 is 0 Å². The Morgan fingerprint density at radius 2 is 2.14 bits per heavy atom. The Labute approximate surface area is 80.2 Å². The molecule has 0 saturated heterocycles. The van der Waals surface area contributed by atoms with Gasteiger partial charge in [0.2, 0.25) is 0 Å². The Kier molecular flexibility index (Phi) is 2.93. The summed E-state index contributed by atoms with van der Waals surface area (Å²) in [6.45, 7) is 0. The van der Waals surface area contributed by atoms with E-state index < -0.39 is 12.1 Å². The topological polar surface area (TPSA) is 87.0 Å². The number of carbonyl (C=O) groups is 1. The van der Waals surface area contributed by atoms with Gasteiger partial charge in [-0.25, -0.2) is 4.79 Å². The highest BCUT2D eigenvalue weighted by atomic mass is 16.5. The standard InChI is InChI=1S/C9H10O5/c1-14-6-4-2-3-5(7(6)10)8(11)9(12)13/h2-4,8,10-11H,1H3,(H,12,13)/t8-/m0/s1. The molecule has 0 bridgehead atoms. The van der Waals surface area contributed by atoms with Gasteiger partial charge in [0.05, 0.1) is 7.11 Å². The van der Waals surface area contributed by atoms with E-state index in [9.17, 15) is 15.0 Å². The van der Waals surface area contributed by atoms with E-state index in [-0.39, 0.29) is 17.1 Å². The molecule has 5 heteroatoms. The summed E-state index contributed by atoms with van der Waals surface area (Å²) in [4.78, 5) is 10.4. The van der Waals surface area contributed by atoms with Crippen molar-refractivity contribution in [1.29, 1.82) is 0 Å². The second kappa shape index (κ2) is 3.97. The number of phenols is 1. The molecule has 0 saturated carbocycles. The number of phenolic OH excluding ortho intramolecular Hbond substituents is 1. The molecular weight excluding hydrogens is 188 g/mol. The molecule has 0 radical (unpaired) electrons. The van der Waals surface area contributed by atoms with Crippen molar-refractivity contribution >= 4 is 5.97 Å². The summed E-state index contributed by atoms with van der Waals surface area (Å²) in [5, 5.41) is 27.2. The molecular formula is C9H10O5. The van der Waals surface area contributed by atoms with Crippen molar-refractivity contribution in [2.75, 3.05) is 7.11 Å². The van der Waals surface area contributed by atoms with Crippen molar-refractivity contribution in [3.05, 3.63) is 23.8 Å². The Morgan fingerprint density at radius 3 is 2.64 bits per heavy atom. The minimum Gasteiger partial charge on any atom is -0.504 e. The highest BCUT2D eigenvalue weighted by Crippen LogP contribution is 2.33. The number of carboxylic acids is 1. The van der Waals surface area contributed by atoms with Gasteiger partial charge in [0, 0.05) is 5.56 Å². The van der Waals surface area contributed by atoms with E-state index >= 15 is 0 Å². The Balaban J connectivity index is 3.15. The fraction of sp³-hybridized carbons (Fsp3) is 0.222. The molecule has 1 aromatic carbocycles. The molecule has 1 aromatic rings. The fourth-order valence-corrected chi connectivity index (χ4v) is 1.06. The first kappa shape index (κ1) is 10.3. The molecule has 0 heterocycles. The van der Waals surface area contributed by atoms with Gasteiger partial charge in [-0.05, 0) is 6.07 Å². The number of aliphatic hydroxyl groups excluding tert-OH is 1. The maximum absolute atomic E-state index is 10.4. The number of para-hydroxylation sites is 1. The summed E-state index contributed by atoms with van der Waals surface area (Å²) in [6.07, 6.45) is -1.75. The molecule has 0 fully saturated rings. The molecule has 0 aromatic heterocycles. The molecule has 0 unspecified atom stereocenters. The van der Waals surface area contributed by atoms with Crippen LogP contribution in [0.4, 0.5) is 0 Å². The number of aliphatic hydroxyl groups is 1. The third kappa shape index (κ3) is 1.77. The van der Waals surface area contributed by atoms with Gasteiger partial charge < -0.3 is 20.1 Å². The quantitative estimate of drug-likeness (QED) is 0.659. The number of ether oxygens (including phenoxy) is 1. The van der Waals surface area contributed by atoms with Crippen LogP contribution in [0.15, 0.2) is 18.2 Å².